The summed E-state index contributed by atoms with van der Waals surface area (Å²) in [5.74, 6) is 0. The van der Waals surface area contributed by atoms with Crippen LogP contribution in [0.3, 0.4) is 0 Å². The molecule has 0 aromatic heterocycles. The SMILES string of the molecule is PN(P)P. The van der Waals surface area contributed by atoms with Gasteiger partial charge < -0.3 is 0 Å². The van der Waals surface area contributed by atoms with Crippen LogP contribution < -0.4 is 0 Å². The van der Waals surface area contributed by atoms with Crippen LogP contribution in [0.25, 0.3) is 0 Å². The molecule has 26 valence electrons. The molecule has 0 fully saturated rings. The van der Waals surface area contributed by atoms with Crippen LogP contribution >= 0.6 is 28.2 Å². The molecule has 0 N–H and O–H groups in total. The van der Waals surface area contributed by atoms with Crippen molar-refractivity contribution in [2.75, 3.05) is 0 Å². The summed E-state index contributed by atoms with van der Waals surface area (Å²) in [7, 11) is 7.25. The second-order valence-electron chi connectivity index (χ2n) is 0.447. The zero-order chi connectivity index (χ0) is 3.58. The molecule has 0 rings (SSSR count). The van der Waals surface area contributed by atoms with Gasteiger partial charge in [-0.25, -0.2) is 0 Å². The van der Waals surface area contributed by atoms with Crippen molar-refractivity contribution in [2.24, 2.45) is 0 Å². The number of hydrogen-bond acceptors (Lipinski definition) is 1. The van der Waals surface area contributed by atoms with Gasteiger partial charge in [0.25, 0.3) is 0 Å². The lowest BCUT2D eigenvalue weighted by Crippen LogP contribution is -1.56. The molecule has 1 nitrogen and oxygen atoms in total. The lowest BCUT2D eigenvalue weighted by atomic mass is 13.8. The van der Waals surface area contributed by atoms with E-state index >= 15 is 0 Å². The Labute approximate surface area is 33.3 Å². The Morgan fingerprint density at radius 3 is 1.00 bits per heavy atom. The van der Waals surface area contributed by atoms with E-state index < -0.39 is 0 Å². The Hall–Kier alpha value is 1.25. The Kier molecular flexibility index (Phi) is 3.26. The van der Waals surface area contributed by atoms with E-state index in [0.717, 1.165) is 0 Å². The third kappa shape index (κ3) is 10.5. The van der Waals surface area contributed by atoms with E-state index in [-0.39, 0.29) is 0 Å². The van der Waals surface area contributed by atoms with E-state index in [2.05, 4.69) is 28.2 Å². The summed E-state index contributed by atoms with van der Waals surface area (Å²) in [6.07, 6.45) is 0. The third-order valence-electron chi connectivity index (χ3n) is 0. The van der Waals surface area contributed by atoms with Crippen molar-refractivity contribution < 1.29 is 0 Å². The lowest BCUT2D eigenvalue weighted by Gasteiger charge is -1.89. The van der Waals surface area contributed by atoms with Gasteiger partial charge in [0, 0.05) is 0 Å². The van der Waals surface area contributed by atoms with Crippen LogP contribution in [-0.4, -0.2) is 4.21 Å². The van der Waals surface area contributed by atoms with E-state index in [1.807, 2.05) is 0 Å². The Balaban J connectivity index is 2.32. The Morgan fingerprint density at radius 1 is 1.00 bits per heavy atom. The molecule has 0 aliphatic rings. The van der Waals surface area contributed by atoms with Crippen molar-refractivity contribution in [1.29, 1.82) is 0 Å². The van der Waals surface area contributed by atoms with Crippen LogP contribution in [-0.2, 0) is 0 Å². The highest BCUT2D eigenvalue weighted by atomic mass is 31.2. The summed E-state index contributed by atoms with van der Waals surface area (Å²) in [6.45, 7) is 0. The molecule has 0 aliphatic carbocycles. The fraction of sp³-hybridized carbons (Fsp3) is 0. The van der Waals surface area contributed by atoms with E-state index in [1.165, 1.54) is 0 Å². The van der Waals surface area contributed by atoms with Gasteiger partial charge in [-0.2, -0.15) is 0 Å². The van der Waals surface area contributed by atoms with Crippen molar-refractivity contribution in [3.05, 3.63) is 0 Å². The molecule has 0 spiro atoms. The Morgan fingerprint density at radius 2 is 1.00 bits per heavy atom. The van der Waals surface area contributed by atoms with Crippen molar-refractivity contribution in [3.8, 4) is 0 Å². The minimum absolute atomic E-state index is 1.75. The summed E-state index contributed by atoms with van der Waals surface area (Å²) >= 11 is 0. The standard InChI is InChI=1S/H6NP3/c2-1(3)4/h2-4H2. The van der Waals surface area contributed by atoms with Crippen LogP contribution in [0.2, 0.25) is 0 Å². The van der Waals surface area contributed by atoms with Crippen LogP contribution in [0.4, 0.5) is 0 Å². The molecule has 0 heterocycles. The predicted octanol–water partition coefficient (Wildman–Crippen LogP) is 0.659. The van der Waals surface area contributed by atoms with Gasteiger partial charge in [0.15, 0.2) is 0 Å². The maximum Gasteiger partial charge on any atom is -0.0582 e. The highest BCUT2D eigenvalue weighted by Crippen LogP contribution is 2.10. The number of rotatable bonds is 0. The first-order chi connectivity index (χ1) is 1.73. The fourth-order valence-corrected chi connectivity index (χ4v) is 0. The molecule has 4 heteroatoms. The zero-order valence-corrected chi connectivity index (χ0v) is 5.64. The highest BCUT2D eigenvalue weighted by molar-refractivity contribution is 7.46. The van der Waals surface area contributed by atoms with Gasteiger partial charge in [0.05, 0.1) is 0 Å². The van der Waals surface area contributed by atoms with E-state index in [4.69, 9.17) is 0 Å². The van der Waals surface area contributed by atoms with Gasteiger partial charge >= 0.3 is 0 Å². The summed E-state index contributed by atoms with van der Waals surface area (Å²) in [5.41, 5.74) is 0. The van der Waals surface area contributed by atoms with E-state index in [9.17, 15) is 0 Å². The first-order valence-electron chi connectivity index (χ1n) is 0.775. The third-order valence-corrected chi connectivity index (χ3v) is 0. The van der Waals surface area contributed by atoms with Crippen LogP contribution in [0, 0.1) is 0 Å². The Bertz CT molecular complexity index is 8.00. The first-order valence-corrected chi connectivity index (χ1v) is 2.32. The molecule has 0 saturated heterocycles. The quantitative estimate of drug-likeness (QED) is 0.417. The van der Waals surface area contributed by atoms with Gasteiger partial charge in [0.1, 0.15) is 0 Å². The highest BCUT2D eigenvalue weighted by Gasteiger charge is 1.58. The molecule has 0 saturated carbocycles. The maximum absolute atomic E-state index is 2.42. The molecule has 3 atom stereocenters. The summed E-state index contributed by atoms with van der Waals surface area (Å²) in [4.78, 5) is 0. The summed E-state index contributed by atoms with van der Waals surface area (Å²) in [5, 5.41) is 0. The lowest BCUT2D eigenvalue weighted by molar-refractivity contribution is 1.30. The van der Waals surface area contributed by atoms with Gasteiger partial charge in [-0.05, 0) is 0 Å². The van der Waals surface area contributed by atoms with Gasteiger partial charge in [-0.15, -0.1) is 0 Å². The van der Waals surface area contributed by atoms with Gasteiger partial charge in [0.2, 0.25) is 0 Å². The second kappa shape index (κ2) is 2.49. The summed E-state index contributed by atoms with van der Waals surface area (Å²) < 4.78 is 1.75. The zero-order valence-electron chi connectivity index (χ0n) is 2.18. The monoisotopic (exact) mass is 113 g/mol. The summed E-state index contributed by atoms with van der Waals surface area (Å²) in [6, 6.07) is 0. The van der Waals surface area contributed by atoms with Crippen molar-refractivity contribution in [2.45, 2.75) is 0 Å². The van der Waals surface area contributed by atoms with Gasteiger partial charge in [-0.1, -0.05) is 28.2 Å². The molecule has 0 radical (unpaired) electrons. The van der Waals surface area contributed by atoms with Crippen molar-refractivity contribution in [3.63, 3.8) is 0 Å². The molecule has 0 aliphatic heterocycles. The maximum atomic E-state index is 2.42. The molecule has 3 unspecified atom stereocenters. The normalized spacial score (nSPS) is 9.00. The van der Waals surface area contributed by atoms with E-state index in [1.54, 1.807) is 4.21 Å². The minimum atomic E-state index is 1.75. The van der Waals surface area contributed by atoms with Crippen LogP contribution in [0.1, 0.15) is 0 Å². The average molecular weight is 113 g/mol. The fourth-order valence-electron chi connectivity index (χ4n) is 0. The molecular weight excluding hydrogens is 107 g/mol. The van der Waals surface area contributed by atoms with Crippen molar-refractivity contribution >= 4 is 28.2 Å². The number of nitrogens with zero attached hydrogens (tertiary/aromatic N) is 1. The molecule has 4 heavy (non-hydrogen) atoms. The predicted molar refractivity (Wildman–Crippen MR) is 31.0 cm³/mol. The average Bonchev–Trinajstić information content (AvgIpc) is 0.811. The minimum Gasteiger partial charge on any atom is -0.257 e. The largest absolute Gasteiger partial charge is 0.257 e. The topological polar surface area (TPSA) is 3.24 Å². The van der Waals surface area contributed by atoms with Crippen LogP contribution in [0.15, 0.2) is 0 Å². The first kappa shape index (κ1) is 5.25. The second-order valence-corrected chi connectivity index (χ2v) is 4.02. The van der Waals surface area contributed by atoms with Crippen LogP contribution in [0.5, 0.6) is 0 Å². The molecule has 0 aromatic rings. The molecular formula is H6NP3. The smallest absolute Gasteiger partial charge is 0.0582 e. The molecule has 0 amide bonds. The molecule has 0 aromatic carbocycles. The van der Waals surface area contributed by atoms with Gasteiger partial charge in [-0.3, -0.25) is 4.21 Å². The van der Waals surface area contributed by atoms with E-state index in [0.29, 0.717) is 0 Å². The molecule has 0 bridgehead atoms. The van der Waals surface area contributed by atoms with Crippen molar-refractivity contribution in [1.82, 2.24) is 4.21 Å². The number of hydrogen-bond donors (Lipinski definition) is 0.